The summed E-state index contributed by atoms with van der Waals surface area (Å²) in [5.74, 6) is 0.667. The van der Waals surface area contributed by atoms with Crippen LogP contribution in [-0.2, 0) is 16.6 Å². The van der Waals surface area contributed by atoms with Gasteiger partial charge in [-0.1, -0.05) is 0 Å². The molecule has 2 N–H and O–H groups in total. The van der Waals surface area contributed by atoms with Gasteiger partial charge < -0.3 is 4.57 Å². The predicted molar refractivity (Wildman–Crippen MR) is 62.0 cm³/mol. The minimum Gasteiger partial charge on any atom is -0.334 e. The standard InChI is InChI=1S/C9H13N5O2S/c1-3-14-6-9(12-7(14)2)17(15,16)13-8-4-10-11-5-8/h4-6,13H,3H2,1-2H3,(H,10,11). The first kappa shape index (κ1) is 11.6. The maximum Gasteiger partial charge on any atom is 0.281 e. The highest BCUT2D eigenvalue weighted by molar-refractivity contribution is 7.92. The first-order valence-corrected chi connectivity index (χ1v) is 6.56. The van der Waals surface area contributed by atoms with E-state index < -0.39 is 10.0 Å². The van der Waals surface area contributed by atoms with Crippen LogP contribution in [0.2, 0.25) is 0 Å². The van der Waals surface area contributed by atoms with Crippen molar-refractivity contribution in [2.75, 3.05) is 4.72 Å². The molecular formula is C9H13N5O2S. The monoisotopic (exact) mass is 255 g/mol. The number of nitrogens with one attached hydrogen (secondary N) is 2. The molecule has 7 nitrogen and oxygen atoms in total. The fraction of sp³-hybridized carbons (Fsp3) is 0.333. The van der Waals surface area contributed by atoms with Crippen molar-refractivity contribution in [1.29, 1.82) is 0 Å². The van der Waals surface area contributed by atoms with Gasteiger partial charge >= 0.3 is 0 Å². The third-order valence-electron chi connectivity index (χ3n) is 2.32. The minimum atomic E-state index is -3.64. The molecule has 2 aromatic rings. The van der Waals surface area contributed by atoms with E-state index in [4.69, 9.17) is 0 Å². The van der Waals surface area contributed by atoms with Crippen molar-refractivity contribution < 1.29 is 8.42 Å². The molecule has 0 aromatic carbocycles. The van der Waals surface area contributed by atoms with Gasteiger partial charge in [-0.2, -0.15) is 13.5 Å². The summed E-state index contributed by atoms with van der Waals surface area (Å²) in [5.41, 5.74) is 0.383. The van der Waals surface area contributed by atoms with Gasteiger partial charge in [-0.15, -0.1) is 0 Å². The zero-order valence-corrected chi connectivity index (χ0v) is 10.3. The summed E-state index contributed by atoms with van der Waals surface area (Å²) >= 11 is 0. The number of imidazole rings is 1. The Morgan fingerprint density at radius 3 is 2.82 bits per heavy atom. The van der Waals surface area contributed by atoms with Crippen LogP contribution in [0.5, 0.6) is 0 Å². The second-order valence-electron chi connectivity index (χ2n) is 3.50. The summed E-state index contributed by atoms with van der Waals surface area (Å²) in [7, 11) is -3.64. The largest absolute Gasteiger partial charge is 0.334 e. The zero-order chi connectivity index (χ0) is 12.5. The summed E-state index contributed by atoms with van der Waals surface area (Å²) in [5, 5.41) is 6.20. The molecule has 17 heavy (non-hydrogen) atoms. The number of sulfonamides is 1. The van der Waals surface area contributed by atoms with Gasteiger partial charge in [0, 0.05) is 18.9 Å². The van der Waals surface area contributed by atoms with Gasteiger partial charge in [-0.3, -0.25) is 9.82 Å². The normalized spacial score (nSPS) is 11.6. The molecule has 0 atom stereocenters. The Morgan fingerprint density at radius 1 is 1.53 bits per heavy atom. The minimum absolute atomic E-state index is 0.0121. The molecule has 92 valence electrons. The molecule has 2 aromatic heterocycles. The molecule has 0 radical (unpaired) electrons. The number of H-pyrrole nitrogens is 1. The SMILES string of the molecule is CCn1cc(S(=O)(=O)Nc2cn[nH]c2)nc1C. The second kappa shape index (κ2) is 4.21. The molecule has 8 heteroatoms. The first-order valence-electron chi connectivity index (χ1n) is 5.08. The van der Waals surface area contributed by atoms with Crippen LogP contribution in [0.3, 0.4) is 0 Å². The van der Waals surface area contributed by atoms with Crippen LogP contribution in [0.1, 0.15) is 12.7 Å². The topological polar surface area (TPSA) is 92.7 Å². The molecule has 0 amide bonds. The van der Waals surface area contributed by atoms with Crippen molar-refractivity contribution in [3.05, 3.63) is 24.4 Å². The number of rotatable bonds is 4. The average molecular weight is 255 g/mol. The van der Waals surface area contributed by atoms with E-state index in [-0.39, 0.29) is 5.03 Å². The molecule has 0 unspecified atom stereocenters. The van der Waals surface area contributed by atoms with Gasteiger partial charge in [0.1, 0.15) is 5.82 Å². The summed E-state index contributed by atoms with van der Waals surface area (Å²) in [4.78, 5) is 4.02. The van der Waals surface area contributed by atoms with Gasteiger partial charge in [0.2, 0.25) is 0 Å². The summed E-state index contributed by atoms with van der Waals surface area (Å²) < 4.78 is 28.1. The van der Waals surface area contributed by atoms with Gasteiger partial charge in [-0.25, -0.2) is 4.98 Å². The lowest BCUT2D eigenvalue weighted by Crippen LogP contribution is -2.12. The molecule has 2 heterocycles. The number of hydrogen-bond acceptors (Lipinski definition) is 4. The Balaban J connectivity index is 2.31. The molecule has 2 rings (SSSR count). The van der Waals surface area contributed by atoms with E-state index in [9.17, 15) is 8.42 Å². The van der Waals surface area contributed by atoms with Crippen LogP contribution in [-0.4, -0.2) is 28.2 Å². The maximum atomic E-state index is 12.0. The van der Waals surface area contributed by atoms with Crippen molar-refractivity contribution in [2.24, 2.45) is 0 Å². The van der Waals surface area contributed by atoms with E-state index in [2.05, 4.69) is 19.9 Å². The third kappa shape index (κ3) is 2.31. The average Bonchev–Trinajstić information content (AvgIpc) is 2.87. The van der Waals surface area contributed by atoms with Crippen LogP contribution < -0.4 is 4.72 Å². The summed E-state index contributed by atoms with van der Waals surface area (Å²) in [6.07, 6.45) is 4.36. The quantitative estimate of drug-likeness (QED) is 0.842. The van der Waals surface area contributed by atoms with Crippen LogP contribution in [0, 0.1) is 6.92 Å². The summed E-state index contributed by atoms with van der Waals surface area (Å²) in [6.45, 7) is 4.37. The van der Waals surface area contributed by atoms with Crippen molar-refractivity contribution in [3.8, 4) is 0 Å². The second-order valence-corrected chi connectivity index (χ2v) is 5.13. The predicted octanol–water partition coefficient (Wildman–Crippen LogP) is 0.735. The molecule has 0 aliphatic heterocycles. The Kier molecular flexibility index (Phi) is 2.88. The zero-order valence-electron chi connectivity index (χ0n) is 9.51. The lowest BCUT2D eigenvalue weighted by Gasteiger charge is -2.01. The molecular weight excluding hydrogens is 242 g/mol. The van der Waals surface area contributed by atoms with E-state index in [0.717, 1.165) is 0 Å². The molecule has 0 aliphatic rings. The lowest BCUT2D eigenvalue weighted by atomic mass is 10.6. The number of nitrogens with zero attached hydrogens (tertiary/aromatic N) is 3. The molecule has 0 aliphatic carbocycles. The number of aromatic nitrogens is 4. The number of aromatic amines is 1. The summed E-state index contributed by atoms with van der Waals surface area (Å²) in [6, 6.07) is 0. The Bertz CT molecular complexity index is 599. The fourth-order valence-corrected chi connectivity index (χ4v) is 2.49. The van der Waals surface area contributed by atoms with Crippen molar-refractivity contribution in [3.63, 3.8) is 0 Å². The number of hydrogen-bond donors (Lipinski definition) is 2. The molecule has 0 saturated heterocycles. The van der Waals surface area contributed by atoms with Crippen molar-refractivity contribution >= 4 is 15.7 Å². The Hall–Kier alpha value is -1.83. The van der Waals surface area contributed by atoms with E-state index in [1.54, 1.807) is 11.5 Å². The van der Waals surface area contributed by atoms with E-state index in [0.29, 0.717) is 18.1 Å². The Labute approximate surface area is 98.9 Å². The Morgan fingerprint density at radius 2 is 2.29 bits per heavy atom. The van der Waals surface area contributed by atoms with E-state index in [1.165, 1.54) is 18.6 Å². The molecule has 0 saturated carbocycles. The van der Waals surface area contributed by atoms with Crippen LogP contribution >= 0.6 is 0 Å². The molecule has 0 spiro atoms. The highest BCUT2D eigenvalue weighted by Crippen LogP contribution is 2.14. The highest BCUT2D eigenvalue weighted by atomic mass is 32.2. The molecule has 0 bridgehead atoms. The van der Waals surface area contributed by atoms with Crippen LogP contribution in [0.4, 0.5) is 5.69 Å². The molecule has 0 fully saturated rings. The first-order chi connectivity index (χ1) is 8.03. The third-order valence-corrected chi connectivity index (χ3v) is 3.57. The van der Waals surface area contributed by atoms with E-state index >= 15 is 0 Å². The van der Waals surface area contributed by atoms with Gasteiger partial charge in [-0.05, 0) is 13.8 Å². The van der Waals surface area contributed by atoms with Crippen molar-refractivity contribution in [1.82, 2.24) is 19.7 Å². The lowest BCUT2D eigenvalue weighted by molar-refractivity contribution is 0.598. The van der Waals surface area contributed by atoms with Gasteiger partial charge in [0.05, 0.1) is 11.9 Å². The number of aryl methyl sites for hydroxylation is 2. The van der Waals surface area contributed by atoms with Gasteiger partial charge in [0.25, 0.3) is 10.0 Å². The fourth-order valence-electron chi connectivity index (χ4n) is 1.44. The van der Waals surface area contributed by atoms with E-state index in [1.807, 2.05) is 6.92 Å². The number of anilines is 1. The van der Waals surface area contributed by atoms with Gasteiger partial charge in [0.15, 0.2) is 5.03 Å². The van der Waals surface area contributed by atoms with Crippen LogP contribution in [0.25, 0.3) is 0 Å². The highest BCUT2D eigenvalue weighted by Gasteiger charge is 2.19. The maximum absolute atomic E-state index is 12.0. The smallest absolute Gasteiger partial charge is 0.281 e. The van der Waals surface area contributed by atoms with Crippen molar-refractivity contribution in [2.45, 2.75) is 25.4 Å². The van der Waals surface area contributed by atoms with Crippen LogP contribution in [0.15, 0.2) is 23.6 Å².